The first-order valence-electron chi connectivity index (χ1n) is 30.5. The van der Waals surface area contributed by atoms with Gasteiger partial charge in [0.15, 0.2) is 6.10 Å². The quantitative estimate of drug-likeness (QED) is 0.0197. The summed E-state index contributed by atoms with van der Waals surface area (Å²) in [5.41, 5.74) is 0. The molecule has 3 atom stereocenters. The molecule has 0 spiro atoms. The van der Waals surface area contributed by atoms with E-state index in [1.165, 1.54) is 122 Å². The lowest BCUT2D eigenvalue weighted by Gasteiger charge is -2.21. The number of carbonyl (C=O) groups excluding carboxylic acids is 3. The van der Waals surface area contributed by atoms with Crippen LogP contribution in [0.2, 0.25) is 0 Å². The van der Waals surface area contributed by atoms with E-state index in [0.29, 0.717) is 19.3 Å². The number of esters is 3. The molecule has 11 nitrogen and oxygen atoms in total. The zero-order valence-electron chi connectivity index (χ0n) is 47.8. The third-order valence-corrected chi connectivity index (χ3v) is 14.2. The number of rotatable bonds is 57. The first-order chi connectivity index (χ1) is 36.2. The average molecular weight is 1070 g/mol. The van der Waals surface area contributed by atoms with E-state index in [1.807, 2.05) is 0 Å². The van der Waals surface area contributed by atoms with Crippen LogP contribution in [-0.2, 0) is 42.2 Å². The highest BCUT2D eigenvalue weighted by atomic mass is 31.2. The molecule has 0 aliphatic rings. The van der Waals surface area contributed by atoms with Gasteiger partial charge in [-0.3, -0.25) is 23.4 Å². The van der Waals surface area contributed by atoms with Crippen molar-refractivity contribution in [3.8, 4) is 0 Å². The van der Waals surface area contributed by atoms with Crippen molar-refractivity contribution in [3.63, 3.8) is 0 Å². The maximum absolute atomic E-state index is 12.9. The summed E-state index contributed by atoms with van der Waals surface area (Å²) in [6, 6.07) is 0. The Balaban J connectivity index is 4.69. The summed E-state index contributed by atoms with van der Waals surface area (Å²) in [7, 11) is -4.75. The molecule has 2 N–H and O–H groups in total. The molecule has 0 saturated carbocycles. The number of hydrogen-bond donors (Lipinski definition) is 2. The van der Waals surface area contributed by atoms with Crippen LogP contribution >= 0.6 is 7.82 Å². The zero-order chi connectivity index (χ0) is 54.1. The number of aliphatic hydroxyl groups is 1. The molecule has 0 aromatic heterocycles. The molecule has 0 amide bonds. The molecular formula is C62H113O11P. The summed E-state index contributed by atoms with van der Waals surface area (Å²) in [6.07, 6.45) is 60.7. The van der Waals surface area contributed by atoms with Crippen molar-refractivity contribution >= 4 is 25.7 Å². The van der Waals surface area contributed by atoms with Crippen LogP contribution < -0.4 is 0 Å². The number of aliphatic hydroxyl groups excluding tert-OH is 1. The van der Waals surface area contributed by atoms with Crippen molar-refractivity contribution in [1.29, 1.82) is 0 Å². The molecule has 0 aliphatic heterocycles. The fourth-order valence-corrected chi connectivity index (χ4v) is 9.37. The largest absolute Gasteiger partial charge is 0.472 e. The summed E-state index contributed by atoms with van der Waals surface area (Å²) in [5.74, 6) is -1.47. The van der Waals surface area contributed by atoms with Gasteiger partial charge in [-0.15, -0.1) is 0 Å². The maximum atomic E-state index is 12.9. The van der Waals surface area contributed by atoms with E-state index in [0.717, 1.165) is 109 Å². The minimum absolute atomic E-state index is 0.168. The fraction of sp³-hybridized carbons (Fsp3) is 0.823. The van der Waals surface area contributed by atoms with Crippen LogP contribution in [0.25, 0.3) is 0 Å². The molecule has 3 unspecified atom stereocenters. The molecule has 12 heteroatoms. The normalized spacial score (nSPS) is 13.6. The van der Waals surface area contributed by atoms with Gasteiger partial charge in [0, 0.05) is 19.3 Å². The van der Waals surface area contributed by atoms with Gasteiger partial charge < -0.3 is 24.2 Å². The molecule has 0 fully saturated rings. The lowest BCUT2D eigenvalue weighted by Crippen LogP contribution is -2.30. The van der Waals surface area contributed by atoms with Gasteiger partial charge in [-0.2, -0.15) is 0 Å². The Morgan fingerprint density at radius 2 is 0.716 bits per heavy atom. The molecular weight excluding hydrogens is 952 g/mol. The Morgan fingerprint density at radius 1 is 0.392 bits per heavy atom. The molecule has 0 aromatic rings. The second kappa shape index (κ2) is 56.6. The number of hydrogen-bond acceptors (Lipinski definition) is 10. The van der Waals surface area contributed by atoms with Crippen LogP contribution in [0.1, 0.15) is 290 Å². The van der Waals surface area contributed by atoms with E-state index in [4.69, 9.17) is 23.3 Å². The monoisotopic (exact) mass is 1060 g/mol. The van der Waals surface area contributed by atoms with E-state index < -0.39 is 57.8 Å². The molecule has 74 heavy (non-hydrogen) atoms. The van der Waals surface area contributed by atoms with E-state index in [9.17, 15) is 28.9 Å². The Hall–Kier alpha value is -2.56. The van der Waals surface area contributed by atoms with E-state index in [2.05, 4.69) is 69.4 Å². The molecule has 0 heterocycles. The molecule has 0 saturated heterocycles. The van der Waals surface area contributed by atoms with Crippen molar-refractivity contribution in [2.75, 3.05) is 26.4 Å². The summed E-state index contributed by atoms with van der Waals surface area (Å²) in [6.45, 7) is 4.52. The number of phosphoric acid groups is 1. The van der Waals surface area contributed by atoms with Gasteiger partial charge in [0.05, 0.1) is 19.8 Å². The van der Waals surface area contributed by atoms with Crippen LogP contribution in [0.5, 0.6) is 0 Å². The number of allylic oxidation sites excluding steroid dienone is 8. The zero-order valence-corrected chi connectivity index (χ0v) is 48.7. The van der Waals surface area contributed by atoms with Crippen molar-refractivity contribution in [2.45, 2.75) is 303 Å². The summed E-state index contributed by atoms with van der Waals surface area (Å²) in [5, 5.41) is 9.80. The van der Waals surface area contributed by atoms with E-state index >= 15 is 0 Å². The maximum Gasteiger partial charge on any atom is 0.472 e. The van der Waals surface area contributed by atoms with Crippen molar-refractivity contribution in [3.05, 3.63) is 48.6 Å². The second-order valence-electron chi connectivity index (χ2n) is 20.5. The summed E-state index contributed by atoms with van der Waals surface area (Å²) < 4.78 is 39.6. The number of phosphoric ester groups is 1. The van der Waals surface area contributed by atoms with E-state index in [1.54, 1.807) is 0 Å². The minimum atomic E-state index is -4.75. The standard InChI is InChI=1S/C62H113O11P/c1-4-7-10-13-16-19-22-24-26-28-29-31-33-35-38-41-44-47-50-53-62(66)73-59(55-69-60(64)51-48-45-42-39-37-34-32-30-27-25-23-20-17-14-11-8-5-2)57-71-74(67,68)70-56-58(54-63)72-61(65)52-49-46-43-40-36-21-18-15-12-9-6-3/h8,11,15,17-18,20,25,27,58-59,63H,4-7,9-10,12-14,16,19,21-24,26,28-57H2,1-3H3,(H,67,68)/b11-8-,18-15-,20-17-,27-25-. The number of ether oxygens (including phenoxy) is 3. The Morgan fingerprint density at radius 3 is 1.14 bits per heavy atom. The smallest absolute Gasteiger partial charge is 0.462 e. The van der Waals surface area contributed by atoms with Crippen LogP contribution in [0.15, 0.2) is 48.6 Å². The Kier molecular flexibility index (Phi) is 54.7. The fourth-order valence-electron chi connectivity index (χ4n) is 8.59. The van der Waals surface area contributed by atoms with Gasteiger partial charge in [0.2, 0.25) is 0 Å². The SMILES string of the molecule is CC/C=C\C/C=C\C/C=C\CCCCCCCCCC(=O)OCC(COP(=O)(O)OCC(CO)OC(=O)CCCCCCC/C=C\CCCC)OC(=O)CCCCCCCCCCCCCCCCCCCCC. The summed E-state index contributed by atoms with van der Waals surface area (Å²) >= 11 is 0. The Bertz CT molecular complexity index is 1430. The van der Waals surface area contributed by atoms with Crippen LogP contribution in [0.3, 0.4) is 0 Å². The predicted octanol–water partition coefficient (Wildman–Crippen LogP) is 18.1. The molecule has 0 bridgehead atoms. The van der Waals surface area contributed by atoms with Gasteiger partial charge in [0.1, 0.15) is 12.7 Å². The lowest BCUT2D eigenvalue weighted by atomic mass is 10.0. The highest BCUT2D eigenvalue weighted by Crippen LogP contribution is 2.43. The van der Waals surface area contributed by atoms with Crippen LogP contribution in [0.4, 0.5) is 0 Å². The topological polar surface area (TPSA) is 155 Å². The third kappa shape index (κ3) is 54.2. The number of unbranched alkanes of at least 4 members (excludes halogenated alkanes) is 32. The molecule has 0 radical (unpaired) electrons. The van der Waals surface area contributed by atoms with Crippen LogP contribution in [0, 0.1) is 0 Å². The molecule has 432 valence electrons. The highest BCUT2D eigenvalue weighted by Gasteiger charge is 2.28. The van der Waals surface area contributed by atoms with Crippen molar-refractivity contribution in [2.24, 2.45) is 0 Å². The van der Waals surface area contributed by atoms with Crippen molar-refractivity contribution in [1.82, 2.24) is 0 Å². The van der Waals surface area contributed by atoms with E-state index in [-0.39, 0.29) is 25.9 Å². The molecule has 0 aliphatic carbocycles. The third-order valence-electron chi connectivity index (χ3n) is 13.2. The molecule has 0 rings (SSSR count). The highest BCUT2D eigenvalue weighted by molar-refractivity contribution is 7.47. The second-order valence-corrected chi connectivity index (χ2v) is 21.9. The minimum Gasteiger partial charge on any atom is -0.462 e. The van der Waals surface area contributed by atoms with Gasteiger partial charge in [-0.25, -0.2) is 4.57 Å². The lowest BCUT2D eigenvalue weighted by molar-refractivity contribution is -0.161. The van der Waals surface area contributed by atoms with Crippen molar-refractivity contribution < 1.29 is 52.2 Å². The Labute approximate surface area is 453 Å². The summed E-state index contributed by atoms with van der Waals surface area (Å²) in [4.78, 5) is 48.6. The molecule has 0 aromatic carbocycles. The first kappa shape index (κ1) is 71.4. The number of carbonyl (C=O) groups is 3. The van der Waals surface area contributed by atoms with Gasteiger partial charge >= 0.3 is 25.7 Å². The van der Waals surface area contributed by atoms with Gasteiger partial charge in [0.25, 0.3) is 0 Å². The predicted molar refractivity (Wildman–Crippen MR) is 307 cm³/mol. The first-order valence-corrected chi connectivity index (χ1v) is 32.0. The average Bonchev–Trinajstić information content (AvgIpc) is 3.39. The van der Waals surface area contributed by atoms with Crippen LogP contribution in [-0.4, -0.2) is 66.5 Å². The van der Waals surface area contributed by atoms with Gasteiger partial charge in [-0.1, -0.05) is 249 Å². The van der Waals surface area contributed by atoms with Gasteiger partial charge in [-0.05, 0) is 70.6 Å².